The van der Waals surface area contributed by atoms with Crippen LogP contribution in [0.15, 0.2) is 24.3 Å². The van der Waals surface area contributed by atoms with Crippen molar-refractivity contribution in [2.75, 3.05) is 18.0 Å². The van der Waals surface area contributed by atoms with Crippen LogP contribution >= 0.6 is 11.6 Å². The molecular formula is C13H18ClNO. The molecule has 0 bridgehead atoms. The van der Waals surface area contributed by atoms with Crippen molar-refractivity contribution in [3.63, 3.8) is 0 Å². The van der Waals surface area contributed by atoms with E-state index in [4.69, 9.17) is 11.6 Å². The van der Waals surface area contributed by atoms with Gasteiger partial charge in [0.05, 0.1) is 6.10 Å². The van der Waals surface area contributed by atoms with E-state index in [0.29, 0.717) is 0 Å². The van der Waals surface area contributed by atoms with Crippen molar-refractivity contribution >= 4 is 17.3 Å². The summed E-state index contributed by atoms with van der Waals surface area (Å²) in [6.45, 7) is 6.02. The highest BCUT2D eigenvalue weighted by Gasteiger charge is 2.34. The van der Waals surface area contributed by atoms with Crippen molar-refractivity contribution in [2.45, 2.75) is 26.4 Å². The number of aliphatic hydroxyl groups is 1. The Labute approximate surface area is 102 Å². The predicted molar refractivity (Wildman–Crippen MR) is 68.1 cm³/mol. The summed E-state index contributed by atoms with van der Waals surface area (Å²) in [4.78, 5) is 2.31. The minimum Gasteiger partial charge on any atom is -0.392 e. The average molecular weight is 240 g/mol. The van der Waals surface area contributed by atoms with Gasteiger partial charge in [0.2, 0.25) is 0 Å². The van der Waals surface area contributed by atoms with E-state index >= 15 is 0 Å². The van der Waals surface area contributed by atoms with Gasteiger partial charge in [-0.05, 0) is 30.7 Å². The third-order valence-electron chi connectivity index (χ3n) is 3.36. The molecule has 0 aromatic heterocycles. The fourth-order valence-corrected chi connectivity index (χ4v) is 2.34. The van der Waals surface area contributed by atoms with Gasteiger partial charge in [-0.2, -0.15) is 0 Å². The van der Waals surface area contributed by atoms with Crippen LogP contribution in [-0.4, -0.2) is 24.3 Å². The summed E-state index contributed by atoms with van der Waals surface area (Å²) in [5.74, 6) is 0. The lowest BCUT2D eigenvalue weighted by Gasteiger charge is -2.43. The lowest BCUT2D eigenvalue weighted by Crippen LogP contribution is -2.48. The second-order valence-corrected chi connectivity index (χ2v) is 5.63. The van der Waals surface area contributed by atoms with Crippen molar-refractivity contribution in [1.29, 1.82) is 0 Å². The van der Waals surface area contributed by atoms with Crippen LogP contribution in [0.4, 0.5) is 5.69 Å². The van der Waals surface area contributed by atoms with E-state index in [2.05, 4.69) is 18.7 Å². The number of piperidine rings is 1. The molecule has 1 saturated heterocycles. The van der Waals surface area contributed by atoms with Gasteiger partial charge in [-0.3, -0.25) is 0 Å². The molecule has 1 unspecified atom stereocenters. The van der Waals surface area contributed by atoms with Crippen LogP contribution in [-0.2, 0) is 0 Å². The first-order valence-electron chi connectivity index (χ1n) is 5.68. The van der Waals surface area contributed by atoms with Gasteiger partial charge in [0.15, 0.2) is 0 Å². The van der Waals surface area contributed by atoms with Gasteiger partial charge in [0.25, 0.3) is 0 Å². The van der Waals surface area contributed by atoms with Crippen molar-refractivity contribution in [3.8, 4) is 0 Å². The molecule has 0 saturated carbocycles. The fourth-order valence-electron chi connectivity index (χ4n) is 2.22. The molecule has 0 aliphatic carbocycles. The normalized spacial score (nSPS) is 24.5. The molecule has 16 heavy (non-hydrogen) atoms. The molecule has 1 aliphatic heterocycles. The Bertz CT molecular complexity index is 361. The SMILES string of the molecule is CC1(C)CN(c2ccc(Cl)cc2)CCC1O. The molecule has 1 atom stereocenters. The maximum Gasteiger partial charge on any atom is 0.0624 e. The first-order chi connectivity index (χ1) is 7.49. The van der Waals surface area contributed by atoms with Crippen LogP contribution < -0.4 is 4.90 Å². The molecular weight excluding hydrogens is 222 g/mol. The number of nitrogens with zero attached hydrogens (tertiary/aromatic N) is 1. The molecule has 88 valence electrons. The number of hydrogen-bond acceptors (Lipinski definition) is 2. The Kier molecular flexibility index (Phi) is 3.13. The van der Waals surface area contributed by atoms with Crippen LogP contribution in [0.5, 0.6) is 0 Å². The Morgan fingerprint density at radius 2 is 1.94 bits per heavy atom. The monoisotopic (exact) mass is 239 g/mol. The Hall–Kier alpha value is -0.730. The van der Waals surface area contributed by atoms with Crippen LogP contribution in [0.1, 0.15) is 20.3 Å². The maximum atomic E-state index is 9.90. The number of hydrogen-bond donors (Lipinski definition) is 1. The smallest absolute Gasteiger partial charge is 0.0624 e. The summed E-state index contributed by atoms with van der Waals surface area (Å²) in [7, 11) is 0. The van der Waals surface area contributed by atoms with Crippen molar-refractivity contribution in [1.82, 2.24) is 0 Å². The first kappa shape index (κ1) is 11.7. The molecule has 1 aromatic carbocycles. The number of aliphatic hydroxyl groups excluding tert-OH is 1. The molecule has 1 fully saturated rings. The van der Waals surface area contributed by atoms with E-state index in [9.17, 15) is 5.11 Å². The summed E-state index contributed by atoms with van der Waals surface area (Å²) in [6, 6.07) is 7.90. The van der Waals surface area contributed by atoms with Gasteiger partial charge in [0, 0.05) is 29.2 Å². The standard InChI is InChI=1S/C13H18ClNO/c1-13(2)9-15(8-7-12(13)16)11-5-3-10(14)4-6-11/h3-6,12,16H,7-9H2,1-2H3. The van der Waals surface area contributed by atoms with Crippen molar-refractivity contribution < 1.29 is 5.11 Å². The van der Waals surface area contributed by atoms with Crippen LogP contribution in [0.3, 0.4) is 0 Å². The lowest BCUT2D eigenvalue weighted by atomic mass is 9.81. The Morgan fingerprint density at radius 3 is 2.50 bits per heavy atom. The fraction of sp³-hybridized carbons (Fsp3) is 0.538. The summed E-state index contributed by atoms with van der Waals surface area (Å²) >= 11 is 5.87. The summed E-state index contributed by atoms with van der Waals surface area (Å²) in [6.07, 6.45) is 0.631. The van der Waals surface area contributed by atoms with E-state index in [1.165, 1.54) is 5.69 Å². The van der Waals surface area contributed by atoms with E-state index in [1.807, 2.05) is 24.3 Å². The molecule has 0 spiro atoms. The van der Waals surface area contributed by atoms with E-state index in [0.717, 1.165) is 24.5 Å². The third-order valence-corrected chi connectivity index (χ3v) is 3.62. The Morgan fingerprint density at radius 1 is 1.31 bits per heavy atom. The molecule has 1 aliphatic rings. The summed E-state index contributed by atoms with van der Waals surface area (Å²) in [5, 5.41) is 10.7. The number of benzene rings is 1. The van der Waals surface area contributed by atoms with Crippen LogP contribution in [0.2, 0.25) is 5.02 Å². The maximum absolute atomic E-state index is 9.90. The minimum absolute atomic E-state index is 0.0438. The van der Waals surface area contributed by atoms with Crippen molar-refractivity contribution in [3.05, 3.63) is 29.3 Å². The molecule has 2 nitrogen and oxygen atoms in total. The van der Waals surface area contributed by atoms with Crippen LogP contribution in [0, 0.1) is 5.41 Å². The van der Waals surface area contributed by atoms with Gasteiger partial charge < -0.3 is 10.0 Å². The molecule has 1 N–H and O–H groups in total. The van der Waals surface area contributed by atoms with Crippen molar-refractivity contribution in [2.24, 2.45) is 5.41 Å². The summed E-state index contributed by atoms with van der Waals surface area (Å²) < 4.78 is 0. The zero-order valence-electron chi connectivity index (χ0n) is 9.78. The van der Waals surface area contributed by atoms with Gasteiger partial charge in [-0.15, -0.1) is 0 Å². The number of anilines is 1. The first-order valence-corrected chi connectivity index (χ1v) is 6.05. The minimum atomic E-state index is -0.198. The van der Waals surface area contributed by atoms with E-state index in [1.54, 1.807) is 0 Å². The second kappa shape index (κ2) is 4.27. The molecule has 1 aromatic rings. The molecule has 0 radical (unpaired) electrons. The van der Waals surface area contributed by atoms with Gasteiger partial charge in [-0.1, -0.05) is 25.4 Å². The highest BCUT2D eigenvalue weighted by molar-refractivity contribution is 6.30. The molecule has 3 heteroatoms. The van der Waals surface area contributed by atoms with E-state index in [-0.39, 0.29) is 11.5 Å². The largest absolute Gasteiger partial charge is 0.392 e. The quantitative estimate of drug-likeness (QED) is 0.815. The topological polar surface area (TPSA) is 23.5 Å². The zero-order valence-corrected chi connectivity index (χ0v) is 10.5. The molecule has 0 amide bonds. The third kappa shape index (κ3) is 2.33. The predicted octanol–water partition coefficient (Wildman–Crippen LogP) is 2.94. The van der Waals surface area contributed by atoms with Gasteiger partial charge in [-0.25, -0.2) is 0 Å². The van der Waals surface area contributed by atoms with E-state index < -0.39 is 0 Å². The zero-order chi connectivity index (χ0) is 11.8. The highest BCUT2D eigenvalue weighted by atomic mass is 35.5. The van der Waals surface area contributed by atoms with Gasteiger partial charge in [0.1, 0.15) is 0 Å². The summed E-state index contributed by atoms with van der Waals surface area (Å²) in [5.41, 5.74) is 1.14. The molecule has 2 rings (SSSR count). The molecule has 1 heterocycles. The Balaban J connectivity index is 2.14. The van der Waals surface area contributed by atoms with Gasteiger partial charge >= 0.3 is 0 Å². The highest BCUT2D eigenvalue weighted by Crippen LogP contribution is 2.32. The van der Waals surface area contributed by atoms with Crippen LogP contribution in [0.25, 0.3) is 0 Å². The number of halogens is 1. The lowest BCUT2D eigenvalue weighted by molar-refractivity contribution is 0.0336. The average Bonchev–Trinajstić information content (AvgIpc) is 2.23. The number of rotatable bonds is 1. The second-order valence-electron chi connectivity index (χ2n) is 5.19.